The van der Waals surface area contributed by atoms with Gasteiger partial charge < -0.3 is 5.73 Å². The van der Waals surface area contributed by atoms with E-state index in [9.17, 15) is 0 Å². The minimum absolute atomic E-state index is 0.499. The zero-order chi connectivity index (χ0) is 13.5. The Morgan fingerprint density at radius 3 is 2.85 bits per heavy atom. The van der Waals surface area contributed by atoms with Crippen molar-refractivity contribution in [2.45, 2.75) is 31.6 Å². The molecule has 1 saturated carbocycles. The van der Waals surface area contributed by atoms with E-state index in [1.54, 1.807) is 12.4 Å². The zero-order valence-corrected chi connectivity index (χ0v) is 11.7. The first-order valence-corrected chi connectivity index (χ1v) is 7.56. The van der Waals surface area contributed by atoms with Crippen LogP contribution in [0, 0.1) is 0 Å². The number of pyridine rings is 1. The van der Waals surface area contributed by atoms with E-state index in [1.165, 1.54) is 37.0 Å². The number of nitrogen functional groups attached to an aromatic ring is 1. The second kappa shape index (κ2) is 4.52. The van der Waals surface area contributed by atoms with Gasteiger partial charge in [-0.3, -0.25) is 4.98 Å². The highest BCUT2D eigenvalue weighted by atomic mass is 32.1. The van der Waals surface area contributed by atoms with Gasteiger partial charge in [-0.15, -0.1) is 10.2 Å². The van der Waals surface area contributed by atoms with Gasteiger partial charge in [0, 0.05) is 23.9 Å². The molecule has 3 aromatic rings. The van der Waals surface area contributed by atoms with E-state index in [-0.39, 0.29) is 0 Å². The minimum Gasteiger partial charge on any atom is -0.397 e. The Bertz CT molecular complexity index is 755. The Morgan fingerprint density at radius 1 is 1.20 bits per heavy atom. The van der Waals surface area contributed by atoms with Gasteiger partial charge in [-0.2, -0.15) is 9.61 Å². The van der Waals surface area contributed by atoms with Crippen LogP contribution >= 0.6 is 11.3 Å². The Labute approximate surface area is 119 Å². The van der Waals surface area contributed by atoms with Crippen LogP contribution < -0.4 is 5.73 Å². The Kier molecular flexibility index (Phi) is 2.66. The third kappa shape index (κ3) is 1.85. The number of aromatic nitrogens is 5. The van der Waals surface area contributed by atoms with Crippen molar-refractivity contribution >= 4 is 22.0 Å². The number of fused-ring (bicyclic) bond motifs is 1. The maximum absolute atomic E-state index is 5.77. The van der Waals surface area contributed by atoms with Crippen molar-refractivity contribution in [3.8, 4) is 10.6 Å². The normalized spacial score (nSPS) is 16.2. The Morgan fingerprint density at radius 2 is 2.05 bits per heavy atom. The maximum Gasteiger partial charge on any atom is 0.234 e. The number of rotatable bonds is 2. The average Bonchev–Trinajstić information content (AvgIpc) is 3.14. The van der Waals surface area contributed by atoms with Crippen LogP contribution in [0.4, 0.5) is 5.69 Å². The van der Waals surface area contributed by atoms with Crippen molar-refractivity contribution in [1.29, 1.82) is 0 Å². The summed E-state index contributed by atoms with van der Waals surface area (Å²) in [6.07, 6.45) is 8.33. The molecule has 7 heteroatoms. The fourth-order valence-electron chi connectivity index (χ4n) is 2.76. The molecule has 0 spiro atoms. The molecule has 0 saturated heterocycles. The highest BCUT2D eigenvalue weighted by Crippen LogP contribution is 2.34. The van der Waals surface area contributed by atoms with E-state index in [1.807, 2.05) is 10.6 Å². The largest absolute Gasteiger partial charge is 0.397 e. The van der Waals surface area contributed by atoms with Gasteiger partial charge in [0.1, 0.15) is 5.01 Å². The lowest BCUT2D eigenvalue weighted by atomic mass is 10.1. The summed E-state index contributed by atoms with van der Waals surface area (Å²) in [7, 11) is 0. The van der Waals surface area contributed by atoms with Crippen LogP contribution in [-0.2, 0) is 0 Å². The molecule has 0 bridgehead atoms. The van der Waals surface area contributed by atoms with E-state index in [4.69, 9.17) is 5.73 Å². The first-order chi connectivity index (χ1) is 9.81. The summed E-state index contributed by atoms with van der Waals surface area (Å²) in [4.78, 5) is 4.95. The number of nitrogens with two attached hydrogens (primary N) is 1. The zero-order valence-electron chi connectivity index (χ0n) is 10.9. The van der Waals surface area contributed by atoms with Crippen LogP contribution in [0.3, 0.4) is 0 Å². The predicted octanol–water partition coefficient (Wildman–Crippen LogP) is 2.49. The summed E-state index contributed by atoms with van der Waals surface area (Å²) in [5.41, 5.74) is 7.35. The topological polar surface area (TPSA) is 82.0 Å². The Hall–Kier alpha value is -2.02. The number of hydrogen-bond donors (Lipinski definition) is 1. The van der Waals surface area contributed by atoms with Crippen LogP contribution in [0.5, 0.6) is 0 Å². The molecule has 3 aromatic heterocycles. The van der Waals surface area contributed by atoms with E-state index in [0.717, 1.165) is 21.4 Å². The van der Waals surface area contributed by atoms with Gasteiger partial charge in [-0.1, -0.05) is 24.2 Å². The lowest BCUT2D eigenvalue weighted by Crippen LogP contribution is -2.01. The molecule has 0 radical (unpaired) electrons. The van der Waals surface area contributed by atoms with Crippen LogP contribution in [0.25, 0.3) is 15.5 Å². The average molecular weight is 286 g/mol. The van der Waals surface area contributed by atoms with E-state index in [2.05, 4.69) is 20.3 Å². The molecule has 1 fully saturated rings. The summed E-state index contributed by atoms with van der Waals surface area (Å²) < 4.78 is 1.89. The van der Waals surface area contributed by atoms with Crippen molar-refractivity contribution in [1.82, 2.24) is 24.8 Å². The SMILES string of the molecule is Nc1cncc(-c2nn3c(C4CCCC4)nnc3s2)c1. The van der Waals surface area contributed by atoms with Gasteiger partial charge in [0.15, 0.2) is 5.82 Å². The number of nitrogens with zero attached hydrogens (tertiary/aromatic N) is 5. The molecule has 1 aliphatic rings. The summed E-state index contributed by atoms with van der Waals surface area (Å²) in [6.45, 7) is 0. The van der Waals surface area contributed by atoms with Gasteiger partial charge in [-0.05, 0) is 18.9 Å². The second-order valence-electron chi connectivity index (χ2n) is 5.15. The lowest BCUT2D eigenvalue weighted by molar-refractivity contribution is 0.641. The summed E-state index contributed by atoms with van der Waals surface area (Å²) in [5.74, 6) is 1.50. The van der Waals surface area contributed by atoms with Crippen LogP contribution in [0.2, 0.25) is 0 Å². The molecular formula is C13H14N6S. The fraction of sp³-hybridized carbons (Fsp3) is 0.385. The van der Waals surface area contributed by atoms with Crippen molar-refractivity contribution < 1.29 is 0 Å². The molecule has 20 heavy (non-hydrogen) atoms. The number of hydrogen-bond acceptors (Lipinski definition) is 6. The molecular weight excluding hydrogens is 272 g/mol. The van der Waals surface area contributed by atoms with Crippen molar-refractivity contribution in [3.63, 3.8) is 0 Å². The van der Waals surface area contributed by atoms with Crippen molar-refractivity contribution in [3.05, 3.63) is 24.3 Å². The molecule has 0 unspecified atom stereocenters. The lowest BCUT2D eigenvalue weighted by Gasteiger charge is -2.03. The van der Waals surface area contributed by atoms with Crippen LogP contribution in [0.1, 0.15) is 37.4 Å². The van der Waals surface area contributed by atoms with E-state index in [0.29, 0.717) is 11.6 Å². The fourth-order valence-corrected chi connectivity index (χ4v) is 3.59. The molecule has 0 aromatic carbocycles. The third-order valence-corrected chi connectivity index (χ3v) is 4.69. The monoisotopic (exact) mass is 286 g/mol. The van der Waals surface area contributed by atoms with Gasteiger partial charge >= 0.3 is 0 Å². The predicted molar refractivity (Wildman–Crippen MR) is 77.5 cm³/mol. The Balaban J connectivity index is 1.79. The van der Waals surface area contributed by atoms with Gasteiger partial charge in [0.25, 0.3) is 0 Å². The highest BCUT2D eigenvalue weighted by Gasteiger charge is 2.24. The molecule has 0 amide bonds. The van der Waals surface area contributed by atoms with Gasteiger partial charge in [-0.25, -0.2) is 0 Å². The van der Waals surface area contributed by atoms with Crippen molar-refractivity contribution in [2.75, 3.05) is 5.73 Å². The van der Waals surface area contributed by atoms with Gasteiger partial charge in [0.2, 0.25) is 4.96 Å². The highest BCUT2D eigenvalue weighted by molar-refractivity contribution is 7.19. The van der Waals surface area contributed by atoms with Crippen molar-refractivity contribution in [2.24, 2.45) is 0 Å². The quantitative estimate of drug-likeness (QED) is 0.782. The molecule has 0 aliphatic heterocycles. The molecule has 0 atom stereocenters. The minimum atomic E-state index is 0.499. The molecule has 3 heterocycles. The molecule has 4 rings (SSSR count). The number of anilines is 1. The molecule has 102 valence electrons. The third-order valence-electron chi connectivity index (χ3n) is 3.74. The van der Waals surface area contributed by atoms with Crippen LogP contribution in [0.15, 0.2) is 18.5 Å². The standard InChI is InChI=1S/C13H14N6S/c14-10-5-9(6-15-7-10)12-18-19-11(8-3-1-2-4-8)16-17-13(19)20-12/h5-8H,1-4,14H2. The first kappa shape index (κ1) is 11.8. The molecule has 2 N–H and O–H groups in total. The molecule has 1 aliphatic carbocycles. The van der Waals surface area contributed by atoms with Gasteiger partial charge in [0.05, 0.1) is 5.69 Å². The smallest absolute Gasteiger partial charge is 0.234 e. The van der Waals surface area contributed by atoms with E-state index < -0.39 is 0 Å². The maximum atomic E-state index is 5.77. The summed E-state index contributed by atoms with van der Waals surface area (Å²) >= 11 is 1.52. The van der Waals surface area contributed by atoms with E-state index >= 15 is 0 Å². The second-order valence-corrected chi connectivity index (χ2v) is 6.10. The molecule has 6 nitrogen and oxygen atoms in total. The summed E-state index contributed by atoms with van der Waals surface area (Å²) in [5, 5.41) is 14.1. The summed E-state index contributed by atoms with van der Waals surface area (Å²) in [6, 6.07) is 1.88. The first-order valence-electron chi connectivity index (χ1n) is 6.74. The van der Waals surface area contributed by atoms with Crippen LogP contribution in [-0.4, -0.2) is 24.8 Å².